The molecule has 0 radical (unpaired) electrons. The minimum absolute atomic E-state index is 0.0983. The molecule has 0 saturated heterocycles. The minimum atomic E-state index is -1.36. The van der Waals surface area contributed by atoms with Crippen LogP contribution in [0.15, 0.2) is 24.3 Å². The first kappa shape index (κ1) is 16.2. The minimum Gasteiger partial charge on any atom is -0.463 e. The Labute approximate surface area is 119 Å². The normalized spacial score (nSPS) is 11.1. The van der Waals surface area contributed by atoms with E-state index in [1.54, 1.807) is 24.3 Å². The van der Waals surface area contributed by atoms with Crippen molar-refractivity contribution in [3.63, 3.8) is 0 Å². The Morgan fingerprint density at radius 1 is 1.38 bits per heavy atom. The van der Waals surface area contributed by atoms with E-state index in [1.165, 1.54) is 6.92 Å². The average Bonchev–Trinajstić information content (AvgIpc) is 2.42. The van der Waals surface area contributed by atoms with E-state index in [4.69, 9.17) is 4.74 Å². The number of ether oxygens (including phenoxy) is 3. The fourth-order valence-corrected chi connectivity index (χ4v) is 1.39. The van der Waals surface area contributed by atoms with E-state index in [-0.39, 0.29) is 13.2 Å². The molecule has 0 aliphatic heterocycles. The first-order valence-electron chi connectivity index (χ1n) is 5.79. The summed E-state index contributed by atoms with van der Waals surface area (Å²) in [6, 6.07) is 6.80. The summed E-state index contributed by atoms with van der Waals surface area (Å²) in [5.74, 6) is 0. The molecule has 1 aromatic carbocycles. The van der Waals surface area contributed by atoms with Crippen molar-refractivity contribution < 1.29 is 33.7 Å². The van der Waals surface area contributed by atoms with Gasteiger partial charge in [-0.3, -0.25) is 9.63 Å². The molecule has 1 unspecified atom stereocenters. The van der Waals surface area contributed by atoms with Crippen molar-refractivity contribution in [2.75, 3.05) is 0 Å². The summed E-state index contributed by atoms with van der Waals surface area (Å²) in [5, 5.41) is 8.93. The van der Waals surface area contributed by atoms with E-state index in [0.29, 0.717) is 12.0 Å². The number of benzene rings is 1. The van der Waals surface area contributed by atoms with Gasteiger partial charge in [-0.1, -0.05) is 18.2 Å². The number of nitrogens with zero attached hydrogens (tertiary/aromatic N) is 1. The van der Waals surface area contributed by atoms with E-state index >= 15 is 0 Å². The number of carbonyl (C=O) groups excluding carboxylic acids is 2. The van der Waals surface area contributed by atoms with Gasteiger partial charge < -0.3 is 14.2 Å². The lowest BCUT2D eigenvalue weighted by Gasteiger charge is -2.11. The Morgan fingerprint density at radius 2 is 2.05 bits per heavy atom. The Morgan fingerprint density at radius 3 is 2.67 bits per heavy atom. The van der Waals surface area contributed by atoms with Gasteiger partial charge in [-0.05, 0) is 24.1 Å². The zero-order valence-electron chi connectivity index (χ0n) is 11.1. The van der Waals surface area contributed by atoms with Crippen molar-refractivity contribution in [3.8, 4) is 0 Å². The van der Waals surface area contributed by atoms with Crippen molar-refractivity contribution >= 4 is 12.6 Å². The molecule has 9 heteroatoms. The molecule has 0 aliphatic carbocycles. The van der Waals surface area contributed by atoms with Crippen molar-refractivity contribution in [1.29, 1.82) is 0 Å². The van der Waals surface area contributed by atoms with Crippen LogP contribution >= 0.6 is 0 Å². The van der Waals surface area contributed by atoms with Gasteiger partial charge in [0.05, 0.1) is 0 Å². The molecule has 1 rings (SSSR count). The zero-order valence-corrected chi connectivity index (χ0v) is 11.1. The maximum absolute atomic E-state index is 11.2. The monoisotopic (exact) mass is 299 g/mol. The summed E-state index contributed by atoms with van der Waals surface area (Å²) in [5.41, 5.74) is 1.36. The molecule has 0 heterocycles. The predicted octanol–water partition coefficient (Wildman–Crippen LogP) is 1.57. The van der Waals surface area contributed by atoms with Crippen LogP contribution < -0.4 is 0 Å². The third kappa shape index (κ3) is 6.76. The Hall–Kier alpha value is -2.84. The Bertz CT molecular complexity index is 504. The lowest BCUT2D eigenvalue weighted by Crippen LogP contribution is -2.21. The van der Waals surface area contributed by atoms with Crippen molar-refractivity contribution in [2.24, 2.45) is 0 Å². The van der Waals surface area contributed by atoms with E-state index in [1.807, 2.05) is 0 Å². The highest BCUT2D eigenvalue weighted by molar-refractivity contribution is 5.60. The van der Waals surface area contributed by atoms with Crippen molar-refractivity contribution in [1.82, 2.24) is 0 Å². The van der Waals surface area contributed by atoms with Gasteiger partial charge in [-0.2, -0.15) is 0 Å². The largest absolute Gasteiger partial charge is 0.510 e. The molecule has 0 fully saturated rings. The van der Waals surface area contributed by atoms with E-state index in [9.17, 15) is 19.7 Å². The molecule has 1 aromatic rings. The average molecular weight is 299 g/mol. The second-order valence-electron chi connectivity index (χ2n) is 3.78. The summed E-state index contributed by atoms with van der Waals surface area (Å²) in [7, 11) is 0. The molecule has 0 saturated carbocycles. The van der Waals surface area contributed by atoms with Crippen LogP contribution in [0.1, 0.15) is 18.1 Å². The fraction of sp³-hybridized carbons (Fsp3) is 0.333. The van der Waals surface area contributed by atoms with Crippen LogP contribution in [0.2, 0.25) is 0 Å². The summed E-state index contributed by atoms with van der Waals surface area (Å²) < 4.78 is 13.8. The lowest BCUT2D eigenvalue weighted by atomic mass is 10.1. The van der Waals surface area contributed by atoms with E-state index in [2.05, 4.69) is 14.3 Å². The number of rotatable bonds is 8. The molecule has 9 nitrogen and oxygen atoms in total. The maximum Gasteiger partial charge on any atom is 0.510 e. The van der Waals surface area contributed by atoms with Crippen LogP contribution in [-0.2, 0) is 37.1 Å². The highest BCUT2D eigenvalue weighted by Gasteiger charge is 2.14. The molecule has 0 amide bonds. The van der Waals surface area contributed by atoms with Crippen LogP contribution in [0.5, 0.6) is 0 Å². The van der Waals surface area contributed by atoms with Crippen LogP contribution in [0.25, 0.3) is 0 Å². The molecule has 0 bridgehead atoms. The molecular formula is C12H13NO8. The third-order valence-corrected chi connectivity index (χ3v) is 2.16. The Kier molecular flexibility index (Phi) is 6.45. The second-order valence-corrected chi connectivity index (χ2v) is 3.78. The summed E-state index contributed by atoms with van der Waals surface area (Å²) in [4.78, 5) is 35.3. The summed E-state index contributed by atoms with van der Waals surface area (Å²) in [6.45, 7) is 1.52. The standard InChI is InChI=1S/C12H13NO8/c1-9(21-13(16)17)20-12(15)19-7-11-4-2-3-10(5-11)6-18-8-14/h2-5,8-9H,6-7H2,1H3. The number of hydrogen-bond donors (Lipinski definition) is 0. The molecule has 1 atom stereocenters. The van der Waals surface area contributed by atoms with Gasteiger partial charge in [0, 0.05) is 0 Å². The van der Waals surface area contributed by atoms with Gasteiger partial charge in [0.15, 0.2) is 0 Å². The van der Waals surface area contributed by atoms with E-state index < -0.39 is 17.5 Å². The quantitative estimate of drug-likeness (QED) is 0.233. The number of carbonyl (C=O) groups is 2. The number of hydrogen-bond acceptors (Lipinski definition) is 8. The van der Waals surface area contributed by atoms with Crippen molar-refractivity contribution in [2.45, 2.75) is 26.4 Å². The SMILES string of the molecule is CC(OC(=O)OCc1cccc(COC=O)c1)O[N+](=O)[O-]. The molecule has 21 heavy (non-hydrogen) atoms. The van der Waals surface area contributed by atoms with Crippen LogP contribution in [0, 0.1) is 10.1 Å². The molecule has 0 spiro atoms. The van der Waals surface area contributed by atoms with Crippen LogP contribution in [-0.4, -0.2) is 24.0 Å². The topological polar surface area (TPSA) is 114 Å². The zero-order chi connectivity index (χ0) is 15.7. The Balaban J connectivity index is 2.41. The summed E-state index contributed by atoms with van der Waals surface area (Å²) >= 11 is 0. The van der Waals surface area contributed by atoms with Gasteiger partial charge >= 0.3 is 6.16 Å². The van der Waals surface area contributed by atoms with E-state index in [0.717, 1.165) is 5.56 Å². The van der Waals surface area contributed by atoms with Gasteiger partial charge in [0.2, 0.25) is 6.29 Å². The highest BCUT2D eigenvalue weighted by Crippen LogP contribution is 2.08. The van der Waals surface area contributed by atoms with Gasteiger partial charge in [0.25, 0.3) is 11.6 Å². The second kappa shape index (κ2) is 8.35. The van der Waals surface area contributed by atoms with Gasteiger partial charge in [0.1, 0.15) is 13.2 Å². The van der Waals surface area contributed by atoms with Crippen molar-refractivity contribution in [3.05, 3.63) is 45.5 Å². The molecule has 114 valence electrons. The first-order chi connectivity index (χ1) is 10.0. The lowest BCUT2D eigenvalue weighted by molar-refractivity contribution is -0.777. The molecule has 0 aliphatic rings. The first-order valence-corrected chi connectivity index (χ1v) is 5.79. The fourth-order valence-electron chi connectivity index (χ4n) is 1.39. The molecular weight excluding hydrogens is 286 g/mol. The summed E-state index contributed by atoms with van der Waals surface area (Å²) in [6.07, 6.45) is -2.46. The van der Waals surface area contributed by atoms with Gasteiger partial charge in [-0.25, -0.2) is 4.79 Å². The van der Waals surface area contributed by atoms with Gasteiger partial charge in [-0.15, -0.1) is 10.1 Å². The van der Waals surface area contributed by atoms with Crippen LogP contribution in [0.3, 0.4) is 0 Å². The maximum atomic E-state index is 11.2. The molecule has 0 aromatic heterocycles. The molecule has 0 N–H and O–H groups in total. The van der Waals surface area contributed by atoms with Crippen LogP contribution in [0.4, 0.5) is 4.79 Å². The highest BCUT2D eigenvalue weighted by atomic mass is 17.0. The smallest absolute Gasteiger partial charge is 0.463 e. The third-order valence-electron chi connectivity index (χ3n) is 2.16. The predicted molar refractivity (Wildman–Crippen MR) is 66.1 cm³/mol.